The zero-order valence-electron chi connectivity index (χ0n) is 19.4. The molecule has 3 aromatic carbocycles. The van der Waals surface area contributed by atoms with Crippen molar-refractivity contribution in [1.82, 2.24) is 0 Å². The van der Waals surface area contributed by atoms with Crippen LogP contribution in [0.5, 0.6) is 34.5 Å². The number of phenols is 1. The number of hydrogen-bond donors (Lipinski definition) is 1. The zero-order chi connectivity index (χ0) is 24.4. The molecule has 8 heteroatoms. The van der Waals surface area contributed by atoms with Crippen molar-refractivity contribution in [3.05, 3.63) is 59.7 Å². The molecule has 0 aliphatic heterocycles. The van der Waals surface area contributed by atoms with Gasteiger partial charge in [0.2, 0.25) is 5.75 Å². The number of methoxy groups -OCH3 is 5. The number of carbonyl (C=O) groups is 1. The molecule has 0 aliphatic rings. The number of aromatic hydroxyl groups is 1. The van der Waals surface area contributed by atoms with Crippen molar-refractivity contribution in [3.63, 3.8) is 0 Å². The molecule has 0 aliphatic carbocycles. The van der Waals surface area contributed by atoms with Crippen molar-refractivity contribution in [2.45, 2.75) is 0 Å². The van der Waals surface area contributed by atoms with Crippen molar-refractivity contribution in [2.75, 3.05) is 35.5 Å². The van der Waals surface area contributed by atoms with Crippen LogP contribution in [0.1, 0.15) is 15.9 Å². The molecule has 0 bridgehead atoms. The van der Waals surface area contributed by atoms with E-state index in [0.717, 1.165) is 10.1 Å². The van der Waals surface area contributed by atoms with E-state index in [1.54, 1.807) is 31.4 Å². The van der Waals surface area contributed by atoms with Gasteiger partial charge in [0.1, 0.15) is 5.75 Å². The summed E-state index contributed by atoms with van der Waals surface area (Å²) in [6, 6.07) is 13.9. The standard InChI is InChI=1S/C26H24O7S/c1-29-16-7-8-17-22(13-16)34-26(14-6-9-19(30-2)18(27)10-14)23(17)24(28)15-11-20(31-3)25(33-5)21(12-15)32-4/h6-13,27H,1-5H3. The van der Waals surface area contributed by atoms with Gasteiger partial charge in [-0.1, -0.05) is 0 Å². The quantitative estimate of drug-likeness (QED) is 0.331. The highest BCUT2D eigenvalue weighted by Crippen LogP contribution is 2.45. The summed E-state index contributed by atoms with van der Waals surface area (Å²) in [4.78, 5) is 14.7. The van der Waals surface area contributed by atoms with E-state index in [9.17, 15) is 9.90 Å². The third-order valence-electron chi connectivity index (χ3n) is 5.49. The minimum atomic E-state index is -0.221. The molecule has 0 unspecified atom stereocenters. The summed E-state index contributed by atoms with van der Waals surface area (Å²) in [6.45, 7) is 0. The van der Waals surface area contributed by atoms with E-state index in [0.29, 0.717) is 50.3 Å². The molecule has 1 aromatic heterocycles. The third kappa shape index (κ3) is 3.97. The smallest absolute Gasteiger partial charge is 0.203 e. The van der Waals surface area contributed by atoms with Gasteiger partial charge in [-0.25, -0.2) is 0 Å². The van der Waals surface area contributed by atoms with Crippen molar-refractivity contribution >= 4 is 27.2 Å². The second kappa shape index (κ2) is 9.52. The van der Waals surface area contributed by atoms with Crippen molar-refractivity contribution in [1.29, 1.82) is 0 Å². The predicted molar refractivity (Wildman–Crippen MR) is 132 cm³/mol. The topological polar surface area (TPSA) is 83.5 Å². The lowest BCUT2D eigenvalue weighted by Crippen LogP contribution is -2.05. The van der Waals surface area contributed by atoms with Gasteiger partial charge in [0.15, 0.2) is 28.8 Å². The SMILES string of the molecule is COc1ccc2c(C(=O)c3cc(OC)c(OC)c(OC)c3)c(-c3ccc(OC)c(O)c3)sc2c1. The summed E-state index contributed by atoms with van der Waals surface area (Å²) in [6.07, 6.45) is 0. The average molecular weight is 481 g/mol. The molecule has 0 amide bonds. The van der Waals surface area contributed by atoms with Gasteiger partial charge in [0.05, 0.1) is 35.5 Å². The van der Waals surface area contributed by atoms with E-state index in [4.69, 9.17) is 23.7 Å². The van der Waals surface area contributed by atoms with Crippen LogP contribution in [0.15, 0.2) is 48.5 Å². The van der Waals surface area contributed by atoms with Gasteiger partial charge in [0.25, 0.3) is 0 Å². The fraction of sp³-hybridized carbons (Fsp3) is 0.192. The molecule has 0 saturated carbocycles. The van der Waals surface area contributed by atoms with Crippen LogP contribution in [0.3, 0.4) is 0 Å². The first kappa shape index (κ1) is 23.3. The lowest BCUT2D eigenvalue weighted by molar-refractivity contribution is 0.104. The normalized spacial score (nSPS) is 10.7. The number of carbonyl (C=O) groups excluding carboxylic acids is 1. The van der Waals surface area contributed by atoms with Crippen molar-refractivity contribution < 1.29 is 33.6 Å². The number of ketones is 1. The Morgan fingerprint density at radius 2 is 1.44 bits per heavy atom. The summed E-state index contributed by atoms with van der Waals surface area (Å²) in [5, 5.41) is 11.2. The number of rotatable bonds is 8. The van der Waals surface area contributed by atoms with Gasteiger partial charge >= 0.3 is 0 Å². The molecule has 4 aromatic rings. The number of fused-ring (bicyclic) bond motifs is 1. The minimum Gasteiger partial charge on any atom is -0.504 e. The van der Waals surface area contributed by atoms with Crippen LogP contribution in [-0.2, 0) is 0 Å². The molecule has 1 heterocycles. The maximum atomic E-state index is 14.0. The van der Waals surface area contributed by atoms with Crippen LogP contribution in [0, 0.1) is 0 Å². The van der Waals surface area contributed by atoms with Crippen LogP contribution in [0.4, 0.5) is 0 Å². The Labute approximate surface area is 201 Å². The lowest BCUT2D eigenvalue weighted by Gasteiger charge is -2.14. The molecule has 34 heavy (non-hydrogen) atoms. The minimum absolute atomic E-state index is 0.0128. The van der Waals surface area contributed by atoms with Gasteiger partial charge in [0, 0.05) is 26.1 Å². The van der Waals surface area contributed by atoms with Gasteiger partial charge in [-0.3, -0.25) is 4.79 Å². The van der Waals surface area contributed by atoms with Crippen LogP contribution in [0.25, 0.3) is 20.5 Å². The van der Waals surface area contributed by atoms with E-state index in [-0.39, 0.29) is 11.5 Å². The molecule has 0 fully saturated rings. The first-order valence-electron chi connectivity index (χ1n) is 10.3. The number of phenolic OH excluding ortho intramolecular Hbond substituents is 1. The van der Waals surface area contributed by atoms with Crippen LogP contribution >= 0.6 is 11.3 Å². The molecule has 1 N–H and O–H groups in total. The Bertz CT molecular complexity index is 1350. The summed E-state index contributed by atoms with van der Waals surface area (Å²) < 4.78 is 27.7. The maximum Gasteiger partial charge on any atom is 0.203 e. The van der Waals surface area contributed by atoms with Gasteiger partial charge in [-0.2, -0.15) is 0 Å². The number of hydrogen-bond acceptors (Lipinski definition) is 8. The van der Waals surface area contributed by atoms with Gasteiger partial charge < -0.3 is 28.8 Å². The van der Waals surface area contributed by atoms with Crippen LogP contribution in [0.2, 0.25) is 0 Å². The highest BCUT2D eigenvalue weighted by atomic mass is 32.1. The first-order valence-corrected chi connectivity index (χ1v) is 11.1. The molecule has 7 nitrogen and oxygen atoms in total. The second-order valence-electron chi connectivity index (χ2n) is 7.30. The average Bonchev–Trinajstić information content (AvgIpc) is 3.25. The van der Waals surface area contributed by atoms with Gasteiger partial charge in [-0.05, 0) is 54.1 Å². The van der Waals surface area contributed by atoms with Gasteiger partial charge in [-0.15, -0.1) is 11.3 Å². The van der Waals surface area contributed by atoms with Crippen LogP contribution in [-0.4, -0.2) is 46.4 Å². The van der Waals surface area contributed by atoms with Crippen molar-refractivity contribution in [3.8, 4) is 44.9 Å². The fourth-order valence-electron chi connectivity index (χ4n) is 3.82. The Morgan fingerprint density at radius 3 is 2.00 bits per heavy atom. The second-order valence-corrected chi connectivity index (χ2v) is 8.35. The predicted octanol–water partition coefficient (Wildman–Crippen LogP) is 5.55. The number of thiophene rings is 1. The molecular formula is C26H24O7S. The summed E-state index contributed by atoms with van der Waals surface area (Å²) in [7, 11) is 7.60. The molecule has 0 radical (unpaired) electrons. The number of benzene rings is 3. The molecule has 0 atom stereocenters. The Hall–Kier alpha value is -3.91. The molecule has 176 valence electrons. The molecular weight excluding hydrogens is 456 g/mol. The zero-order valence-corrected chi connectivity index (χ0v) is 20.2. The van der Waals surface area contributed by atoms with E-state index >= 15 is 0 Å². The van der Waals surface area contributed by atoms with E-state index in [1.807, 2.05) is 24.3 Å². The molecule has 0 saturated heterocycles. The molecule has 4 rings (SSSR count). The highest BCUT2D eigenvalue weighted by molar-refractivity contribution is 7.22. The monoisotopic (exact) mass is 480 g/mol. The Balaban J connectivity index is 1.97. The van der Waals surface area contributed by atoms with Crippen LogP contribution < -0.4 is 23.7 Å². The van der Waals surface area contributed by atoms with E-state index in [1.165, 1.54) is 39.8 Å². The van der Waals surface area contributed by atoms with E-state index < -0.39 is 0 Å². The largest absolute Gasteiger partial charge is 0.504 e. The molecule has 0 spiro atoms. The number of ether oxygens (including phenoxy) is 5. The Morgan fingerprint density at radius 1 is 0.765 bits per heavy atom. The van der Waals surface area contributed by atoms with Crippen molar-refractivity contribution in [2.24, 2.45) is 0 Å². The summed E-state index contributed by atoms with van der Waals surface area (Å²) in [5.74, 6) is 1.97. The van der Waals surface area contributed by atoms with E-state index in [2.05, 4.69) is 0 Å². The highest BCUT2D eigenvalue weighted by Gasteiger charge is 2.25. The lowest BCUT2D eigenvalue weighted by atomic mass is 9.97. The summed E-state index contributed by atoms with van der Waals surface area (Å²) in [5.41, 5.74) is 1.57. The third-order valence-corrected chi connectivity index (χ3v) is 6.69. The fourth-order valence-corrected chi connectivity index (χ4v) is 5.04. The first-order chi connectivity index (χ1) is 16.4. The summed E-state index contributed by atoms with van der Waals surface area (Å²) >= 11 is 1.44. The maximum absolute atomic E-state index is 14.0. The Kier molecular flexibility index (Phi) is 6.51.